The Morgan fingerprint density at radius 1 is 1.44 bits per heavy atom. The maximum atomic E-state index is 9.03. The highest BCUT2D eigenvalue weighted by Gasteiger charge is 2.18. The molecule has 0 bridgehead atoms. The summed E-state index contributed by atoms with van der Waals surface area (Å²) in [7, 11) is 0. The van der Waals surface area contributed by atoms with Crippen LogP contribution in [0.15, 0.2) is 18.2 Å². The molecule has 1 rings (SSSR count). The molecular formula is C13H18N2O. The first-order valence-corrected chi connectivity index (χ1v) is 5.39. The summed E-state index contributed by atoms with van der Waals surface area (Å²) in [5.74, 6) is 0. The van der Waals surface area contributed by atoms with Crippen LogP contribution in [0.3, 0.4) is 0 Å². The summed E-state index contributed by atoms with van der Waals surface area (Å²) in [5, 5.41) is 21.3. The van der Waals surface area contributed by atoms with Crippen LogP contribution in [0.5, 0.6) is 0 Å². The molecule has 3 nitrogen and oxygen atoms in total. The molecule has 16 heavy (non-hydrogen) atoms. The Kier molecular flexibility index (Phi) is 3.92. The minimum absolute atomic E-state index is 0.133. The molecule has 86 valence electrons. The standard InChI is InChI=1S/C13H18N2O/c1-10-5-4-6-11(9-14)12(10)15-13(2,3)7-8-16/h4-6,15-16H,7-8H2,1-3H3. The summed E-state index contributed by atoms with van der Waals surface area (Å²) < 4.78 is 0. The van der Waals surface area contributed by atoms with Gasteiger partial charge in [0, 0.05) is 12.1 Å². The third-order valence-electron chi connectivity index (χ3n) is 2.59. The van der Waals surface area contributed by atoms with Crippen LogP contribution < -0.4 is 5.32 Å². The lowest BCUT2D eigenvalue weighted by Gasteiger charge is -2.28. The van der Waals surface area contributed by atoms with E-state index in [9.17, 15) is 0 Å². The number of aryl methyl sites for hydroxylation is 1. The second kappa shape index (κ2) is 5.00. The molecule has 0 unspecified atom stereocenters. The largest absolute Gasteiger partial charge is 0.396 e. The fourth-order valence-corrected chi connectivity index (χ4v) is 1.61. The van der Waals surface area contributed by atoms with Gasteiger partial charge in [0.1, 0.15) is 6.07 Å². The van der Waals surface area contributed by atoms with Crippen molar-refractivity contribution in [3.8, 4) is 6.07 Å². The van der Waals surface area contributed by atoms with Crippen LogP contribution in [-0.2, 0) is 0 Å². The van der Waals surface area contributed by atoms with Gasteiger partial charge in [-0.25, -0.2) is 0 Å². The van der Waals surface area contributed by atoms with E-state index < -0.39 is 0 Å². The molecular weight excluding hydrogens is 200 g/mol. The van der Waals surface area contributed by atoms with Gasteiger partial charge in [-0.1, -0.05) is 12.1 Å². The number of para-hydroxylation sites is 1. The maximum absolute atomic E-state index is 9.03. The Hall–Kier alpha value is -1.53. The lowest BCUT2D eigenvalue weighted by atomic mass is 9.98. The van der Waals surface area contributed by atoms with Crippen molar-refractivity contribution in [2.24, 2.45) is 0 Å². The zero-order chi connectivity index (χ0) is 12.2. The van der Waals surface area contributed by atoms with E-state index in [2.05, 4.69) is 11.4 Å². The van der Waals surface area contributed by atoms with Crippen LogP contribution >= 0.6 is 0 Å². The normalized spacial score (nSPS) is 10.9. The highest BCUT2D eigenvalue weighted by Crippen LogP contribution is 2.24. The van der Waals surface area contributed by atoms with E-state index in [1.54, 1.807) is 6.07 Å². The van der Waals surface area contributed by atoms with Crippen LogP contribution in [0.4, 0.5) is 5.69 Å². The molecule has 0 heterocycles. The fraction of sp³-hybridized carbons (Fsp3) is 0.462. The molecule has 0 aliphatic rings. The van der Waals surface area contributed by atoms with E-state index in [4.69, 9.17) is 10.4 Å². The van der Waals surface area contributed by atoms with Gasteiger partial charge in [0.15, 0.2) is 0 Å². The first kappa shape index (κ1) is 12.5. The van der Waals surface area contributed by atoms with Crippen LogP contribution in [0.25, 0.3) is 0 Å². The molecule has 2 N–H and O–H groups in total. The van der Waals surface area contributed by atoms with Crippen LogP contribution in [0.1, 0.15) is 31.4 Å². The molecule has 0 aromatic heterocycles. The van der Waals surface area contributed by atoms with Gasteiger partial charge in [-0.05, 0) is 38.8 Å². The van der Waals surface area contributed by atoms with Crippen molar-refractivity contribution in [2.75, 3.05) is 11.9 Å². The lowest BCUT2D eigenvalue weighted by Crippen LogP contribution is -2.32. The van der Waals surface area contributed by atoms with Crippen molar-refractivity contribution in [3.63, 3.8) is 0 Å². The summed E-state index contributed by atoms with van der Waals surface area (Å²) in [5.41, 5.74) is 2.34. The maximum Gasteiger partial charge on any atom is 0.101 e. The number of nitriles is 1. The number of hydrogen-bond donors (Lipinski definition) is 2. The van der Waals surface area contributed by atoms with Crippen molar-refractivity contribution in [3.05, 3.63) is 29.3 Å². The van der Waals surface area contributed by atoms with Crippen LogP contribution in [0.2, 0.25) is 0 Å². The predicted octanol–water partition coefficient (Wildman–Crippen LogP) is 2.44. The Labute approximate surface area is 96.7 Å². The molecule has 0 spiro atoms. The van der Waals surface area contributed by atoms with Gasteiger partial charge in [-0.15, -0.1) is 0 Å². The molecule has 0 atom stereocenters. The smallest absolute Gasteiger partial charge is 0.101 e. The lowest BCUT2D eigenvalue weighted by molar-refractivity contribution is 0.261. The van der Waals surface area contributed by atoms with E-state index in [1.165, 1.54) is 0 Å². The third-order valence-corrected chi connectivity index (χ3v) is 2.59. The van der Waals surface area contributed by atoms with Crippen molar-refractivity contribution in [1.82, 2.24) is 0 Å². The van der Waals surface area contributed by atoms with E-state index in [-0.39, 0.29) is 12.1 Å². The summed E-state index contributed by atoms with van der Waals surface area (Å²) in [6.45, 7) is 6.12. The second-order valence-corrected chi connectivity index (χ2v) is 4.59. The molecule has 0 aliphatic carbocycles. The van der Waals surface area contributed by atoms with Gasteiger partial charge in [-0.2, -0.15) is 5.26 Å². The van der Waals surface area contributed by atoms with Gasteiger partial charge >= 0.3 is 0 Å². The SMILES string of the molecule is Cc1cccc(C#N)c1NC(C)(C)CCO. The number of hydrogen-bond acceptors (Lipinski definition) is 3. The average Bonchev–Trinajstić information content (AvgIpc) is 2.20. The summed E-state index contributed by atoms with van der Waals surface area (Å²) in [6, 6.07) is 7.82. The highest BCUT2D eigenvalue weighted by molar-refractivity contribution is 5.63. The first-order chi connectivity index (χ1) is 7.50. The van der Waals surface area contributed by atoms with Crippen LogP contribution in [0, 0.1) is 18.3 Å². The summed E-state index contributed by atoms with van der Waals surface area (Å²) in [6.07, 6.45) is 0.645. The van der Waals surface area contributed by atoms with Crippen LogP contribution in [-0.4, -0.2) is 17.3 Å². The Morgan fingerprint density at radius 2 is 2.12 bits per heavy atom. The van der Waals surface area contributed by atoms with Gasteiger partial charge < -0.3 is 10.4 Å². The number of benzene rings is 1. The molecule has 0 aliphatic heterocycles. The van der Waals surface area contributed by atoms with Crippen molar-refractivity contribution >= 4 is 5.69 Å². The average molecular weight is 218 g/mol. The van der Waals surface area contributed by atoms with E-state index in [0.29, 0.717) is 12.0 Å². The Morgan fingerprint density at radius 3 is 2.69 bits per heavy atom. The Balaban J connectivity index is 3.01. The number of rotatable bonds is 4. The topological polar surface area (TPSA) is 56.0 Å². The quantitative estimate of drug-likeness (QED) is 0.816. The van der Waals surface area contributed by atoms with E-state index in [1.807, 2.05) is 32.9 Å². The molecule has 1 aromatic rings. The van der Waals surface area contributed by atoms with Gasteiger partial charge in [-0.3, -0.25) is 0 Å². The van der Waals surface area contributed by atoms with Crippen molar-refractivity contribution in [2.45, 2.75) is 32.7 Å². The number of nitrogens with one attached hydrogen (secondary N) is 1. The zero-order valence-corrected chi connectivity index (χ0v) is 10.0. The molecule has 0 radical (unpaired) electrons. The third kappa shape index (κ3) is 2.98. The van der Waals surface area contributed by atoms with E-state index in [0.717, 1.165) is 11.3 Å². The Bertz CT molecular complexity index is 405. The first-order valence-electron chi connectivity index (χ1n) is 5.39. The number of anilines is 1. The van der Waals surface area contributed by atoms with Crippen molar-refractivity contribution < 1.29 is 5.11 Å². The fourth-order valence-electron chi connectivity index (χ4n) is 1.61. The highest BCUT2D eigenvalue weighted by atomic mass is 16.3. The number of aliphatic hydroxyl groups is 1. The van der Waals surface area contributed by atoms with Gasteiger partial charge in [0.2, 0.25) is 0 Å². The number of aliphatic hydroxyl groups excluding tert-OH is 1. The monoisotopic (exact) mass is 218 g/mol. The zero-order valence-electron chi connectivity index (χ0n) is 10.0. The minimum atomic E-state index is -0.216. The minimum Gasteiger partial charge on any atom is -0.396 e. The molecule has 0 fully saturated rings. The van der Waals surface area contributed by atoms with Gasteiger partial charge in [0.25, 0.3) is 0 Å². The summed E-state index contributed by atoms with van der Waals surface area (Å²) >= 11 is 0. The predicted molar refractivity (Wildman–Crippen MR) is 65.3 cm³/mol. The van der Waals surface area contributed by atoms with E-state index >= 15 is 0 Å². The number of nitrogens with zero attached hydrogens (tertiary/aromatic N) is 1. The second-order valence-electron chi connectivity index (χ2n) is 4.59. The molecule has 0 saturated carbocycles. The molecule has 0 amide bonds. The van der Waals surface area contributed by atoms with Crippen molar-refractivity contribution in [1.29, 1.82) is 5.26 Å². The summed E-state index contributed by atoms with van der Waals surface area (Å²) in [4.78, 5) is 0. The van der Waals surface area contributed by atoms with Gasteiger partial charge in [0.05, 0.1) is 11.3 Å². The molecule has 3 heteroatoms. The molecule has 0 saturated heterocycles. The molecule has 1 aromatic carbocycles.